The molecule has 5 heteroatoms. The minimum absolute atomic E-state index is 0.197. The highest BCUT2D eigenvalue weighted by Gasteiger charge is 2.13. The quantitative estimate of drug-likeness (QED) is 0.358. The summed E-state index contributed by atoms with van der Waals surface area (Å²) in [6.45, 7) is 2.68. The average molecular weight is 402 g/mol. The third kappa shape index (κ3) is 4.46. The molecule has 4 nitrogen and oxygen atoms in total. The Kier molecular flexibility index (Phi) is 5.86. The molecule has 0 saturated carbocycles. The molecular weight excluding hydrogens is 378 g/mol. The smallest absolute Gasteiger partial charge is 0.162 e. The molecule has 29 heavy (non-hydrogen) atoms. The van der Waals surface area contributed by atoms with Gasteiger partial charge in [-0.05, 0) is 54.3 Å². The largest absolute Gasteiger partial charge is 0.381 e. The molecule has 4 aromatic rings. The van der Waals surface area contributed by atoms with Gasteiger partial charge in [0.1, 0.15) is 5.69 Å². The molecule has 2 aromatic heterocycles. The Hall–Kier alpha value is -3.18. The number of nitrogens with zero attached hydrogens (tertiary/aromatic N) is 2. The molecule has 0 aliphatic carbocycles. The number of hydrogen-bond donors (Lipinski definition) is 1. The van der Waals surface area contributed by atoms with Crippen LogP contribution in [0.5, 0.6) is 0 Å². The van der Waals surface area contributed by atoms with E-state index in [1.54, 1.807) is 11.3 Å². The van der Waals surface area contributed by atoms with Crippen molar-refractivity contribution in [2.24, 2.45) is 0 Å². The summed E-state index contributed by atoms with van der Waals surface area (Å²) in [5.41, 5.74) is 4.92. The lowest BCUT2D eigenvalue weighted by Gasteiger charge is -2.07. The number of Topliss-reactive ketones (excluding diaryl/α,β-unsaturated/α-hetero) is 1. The predicted molar refractivity (Wildman–Crippen MR) is 120 cm³/mol. The maximum atomic E-state index is 12.0. The van der Waals surface area contributed by atoms with Crippen LogP contribution < -0.4 is 5.32 Å². The number of carbonyl (C=O) groups is 1. The van der Waals surface area contributed by atoms with Crippen molar-refractivity contribution in [1.82, 2.24) is 9.78 Å². The van der Waals surface area contributed by atoms with Crippen molar-refractivity contribution < 1.29 is 4.79 Å². The summed E-state index contributed by atoms with van der Waals surface area (Å²) in [7, 11) is 0. The first-order valence-electron chi connectivity index (χ1n) is 9.79. The number of rotatable bonds is 8. The Labute approximate surface area is 174 Å². The molecule has 0 bridgehead atoms. The van der Waals surface area contributed by atoms with Crippen molar-refractivity contribution in [1.29, 1.82) is 0 Å². The predicted octanol–water partition coefficient (Wildman–Crippen LogP) is 6.20. The zero-order valence-corrected chi connectivity index (χ0v) is 17.2. The molecule has 4 rings (SSSR count). The molecule has 146 valence electrons. The second kappa shape index (κ2) is 8.88. The van der Waals surface area contributed by atoms with E-state index in [2.05, 4.69) is 35.1 Å². The molecule has 0 atom stereocenters. The number of para-hydroxylation sites is 1. The Morgan fingerprint density at radius 3 is 2.52 bits per heavy atom. The van der Waals surface area contributed by atoms with E-state index < -0.39 is 0 Å². The summed E-state index contributed by atoms with van der Waals surface area (Å²) in [5.74, 6) is 0.197. The number of benzene rings is 2. The summed E-state index contributed by atoms with van der Waals surface area (Å²) < 4.78 is 1.93. The Morgan fingerprint density at radius 2 is 1.83 bits per heavy atom. The monoisotopic (exact) mass is 401 g/mol. The lowest BCUT2D eigenvalue weighted by Crippen LogP contribution is -2.01. The van der Waals surface area contributed by atoms with Crippen LogP contribution in [0.25, 0.3) is 16.3 Å². The highest BCUT2D eigenvalue weighted by molar-refractivity contribution is 7.13. The zero-order valence-electron chi connectivity index (χ0n) is 16.3. The second-order valence-electron chi connectivity index (χ2n) is 6.86. The third-order valence-electron chi connectivity index (χ3n) is 4.73. The number of nitrogens with one attached hydrogen (secondary N) is 1. The summed E-state index contributed by atoms with van der Waals surface area (Å²) in [6.07, 6.45) is 3.54. The first kappa shape index (κ1) is 19.2. The van der Waals surface area contributed by atoms with Gasteiger partial charge in [-0.2, -0.15) is 5.10 Å². The second-order valence-corrected chi connectivity index (χ2v) is 7.81. The van der Waals surface area contributed by atoms with Crippen molar-refractivity contribution in [3.8, 4) is 16.3 Å². The van der Waals surface area contributed by atoms with Crippen LogP contribution in [0.3, 0.4) is 0 Å². The van der Waals surface area contributed by atoms with Crippen LogP contribution in [-0.2, 0) is 6.54 Å². The van der Waals surface area contributed by atoms with Crippen LogP contribution >= 0.6 is 11.3 Å². The lowest BCUT2D eigenvalue weighted by molar-refractivity contribution is 0.0982. The molecule has 0 aliphatic rings. The number of thiophene rings is 1. The topological polar surface area (TPSA) is 46.9 Å². The molecule has 0 amide bonds. The minimum Gasteiger partial charge on any atom is -0.381 e. The van der Waals surface area contributed by atoms with Crippen molar-refractivity contribution in [2.75, 3.05) is 5.32 Å². The molecular formula is C24H23N3OS. The molecule has 0 saturated heterocycles. The van der Waals surface area contributed by atoms with Gasteiger partial charge in [0.25, 0.3) is 0 Å². The molecule has 2 aromatic carbocycles. The zero-order chi connectivity index (χ0) is 20.1. The fourth-order valence-corrected chi connectivity index (χ4v) is 3.96. The Bertz CT molecular complexity index is 1070. The number of aromatic nitrogens is 2. The summed E-state index contributed by atoms with van der Waals surface area (Å²) in [4.78, 5) is 13.2. The minimum atomic E-state index is 0.197. The maximum absolute atomic E-state index is 12.0. The van der Waals surface area contributed by atoms with E-state index in [4.69, 9.17) is 5.10 Å². The van der Waals surface area contributed by atoms with Crippen molar-refractivity contribution in [3.05, 3.63) is 89.4 Å². The van der Waals surface area contributed by atoms with Crippen LogP contribution in [0, 0.1) is 0 Å². The van der Waals surface area contributed by atoms with Gasteiger partial charge in [0.15, 0.2) is 5.78 Å². The molecule has 0 radical (unpaired) electrons. The number of hydrogen-bond acceptors (Lipinski definition) is 4. The molecule has 0 aliphatic heterocycles. The van der Waals surface area contributed by atoms with E-state index in [-0.39, 0.29) is 5.78 Å². The van der Waals surface area contributed by atoms with E-state index in [0.29, 0.717) is 13.0 Å². The summed E-state index contributed by atoms with van der Waals surface area (Å²) in [6, 6.07) is 22.0. The number of ketones is 1. The third-order valence-corrected chi connectivity index (χ3v) is 5.61. The van der Waals surface area contributed by atoms with E-state index in [0.717, 1.165) is 39.5 Å². The van der Waals surface area contributed by atoms with Crippen molar-refractivity contribution >= 4 is 22.8 Å². The summed E-state index contributed by atoms with van der Waals surface area (Å²) >= 11 is 1.69. The molecule has 0 unspecified atom stereocenters. The van der Waals surface area contributed by atoms with E-state index in [1.165, 1.54) is 0 Å². The van der Waals surface area contributed by atoms with E-state index in [1.807, 2.05) is 60.1 Å². The van der Waals surface area contributed by atoms with Gasteiger partial charge in [-0.1, -0.05) is 31.2 Å². The lowest BCUT2D eigenvalue weighted by atomic mass is 10.1. The van der Waals surface area contributed by atoms with Crippen LogP contribution in [0.2, 0.25) is 0 Å². The normalized spacial score (nSPS) is 10.8. The highest BCUT2D eigenvalue weighted by Crippen LogP contribution is 2.28. The van der Waals surface area contributed by atoms with Gasteiger partial charge in [0.05, 0.1) is 10.6 Å². The van der Waals surface area contributed by atoms with Crippen LogP contribution in [-0.4, -0.2) is 15.6 Å². The van der Waals surface area contributed by atoms with Crippen molar-refractivity contribution in [3.63, 3.8) is 0 Å². The summed E-state index contributed by atoms with van der Waals surface area (Å²) in [5, 5.41) is 10.4. The molecule has 0 spiro atoms. The van der Waals surface area contributed by atoms with Crippen LogP contribution in [0.4, 0.5) is 5.69 Å². The van der Waals surface area contributed by atoms with Gasteiger partial charge < -0.3 is 5.32 Å². The van der Waals surface area contributed by atoms with Gasteiger partial charge in [-0.25, -0.2) is 4.68 Å². The van der Waals surface area contributed by atoms with Crippen LogP contribution in [0.1, 0.15) is 35.7 Å². The molecule has 1 N–H and O–H groups in total. The molecule has 0 fully saturated rings. The maximum Gasteiger partial charge on any atom is 0.162 e. The van der Waals surface area contributed by atoms with Gasteiger partial charge in [-0.3, -0.25) is 4.79 Å². The highest BCUT2D eigenvalue weighted by atomic mass is 32.1. The van der Waals surface area contributed by atoms with Gasteiger partial charge in [0.2, 0.25) is 0 Å². The van der Waals surface area contributed by atoms with Gasteiger partial charge in [-0.15, -0.1) is 11.3 Å². The fraction of sp³-hybridized carbons (Fsp3) is 0.167. The first-order chi connectivity index (χ1) is 14.2. The van der Waals surface area contributed by atoms with Gasteiger partial charge >= 0.3 is 0 Å². The Morgan fingerprint density at radius 1 is 1.03 bits per heavy atom. The standard InChI is InChI=1S/C24H23N3OS/c1-2-7-22(28)18-11-13-20(14-12-18)25-16-19-17-27(21-8-4-3-5-9-21)26-24(19)23-10-6-15-29-23/h3-6,8-15,17,25H,2,7,16H2,1H3. The average Bonchev–Trinajstić information content (AvgIpc) is 3.43. The fourth-order valence-electron chi connectivity index (χ4n) is 3.22. The van der Waals surface area contributed by atoms with E-state index >= 15 is 0 Å². The van der Waals surface area contributed by atoms with Crippen molar-refractivity contribution in [2.45, 2.75) is 26.3 Å². The van der Waals surface area contributed by atoms with Crippen LogP contribution in [0.15, 0.2) is 78.3 Å². The SMILES string of the molecule is CCCC(=O)c1ccc(NCc2cn(-c3ccccc3)nc2-c2cccs2)cc1. The van der Waals surface area contributed by atoms with Gasteiger partial charge in [0, 0.05) is 36.0 Å². The van der Waals surface area contributed by atoms with E-state index in [9.17, 15) is 4.79 Å². The molecule has 2 heterocycles. The first-order valence-corrected chi connectivity index (χ1v) is 10.7. The Balaban J connectivity index is 1.55. The number of carbonyl (C=O) groups excluding carboxylic acids is 1. The number of anilines is 1.